The summed E-state index contributed by atoms with van der Waals surface area (Å²) in [5.41, 5.74) is 0.722. The lowest BCUT2D eigenvalue weighted by molar-refractivity contribution is -0.153. The molecule has 0 bridgehead atoms. The number of rotatable bonds is 5. The molecule has 0 aliphatic carbocycles. The van der Waals surface area contributed by atoms with Crippen molar-refractivity contribution in [1.29, 1.82) is 0 Å². The molecule has 2 amide bonds. The molecule has 1 N–H and O–H groups in total. The van der Waals surface area contributed by atoms with Gasteiger partial charge in [0.2, 0.25) is 0 Å². The van der Waals surface area contributed by atoms with Crippen molar-refractivity contribution in [3.8, 4) is 5.75 Å². The predicted molar refractivity (Wildman–Crippen MR) is 137 cm³/mol. The molecule has 2 aromatic rings. The SMILES string of the molecule is COc1cc(C(=O)N2CCN(C(=O)OC(C)(C)C)CC2(Cc2cscn2)C(=O)O)ccc1C(C)(C)C. The average Bonchev–Trinajstić information content (AvgIpc) is 3.29. The minimum absolute atomic E-state index is 0.0256. The fraction of sp³-hybridized carbons (Fsp3) is 0.538. The minimum Gasteiger partial charge on any atom is -0.496 e. The van der Waals surface area contributed by atoms with Crippen LogP contribution in [-0.4, -0.2) is 75.7 Å². The second kappa shape index (κ2) is 10.1. The van der Waals surface area contributed by atoms with Gasteiger partial charge >= 0.3 is 12.1 Å². The van der Waals surface area contributed by atoms with E-state index in [1.165, 1.54) is 21.1 Å². The highest BCUT2D eigenvalue weighted by Gasteiger charge is 2.52. The molecule has 1 unspecified atom stereocenters. The second-order valence-electron chi connectivity index (χ2n) is 11.0. The topological polar surface area (TPSA) is 109 Å². The molecular weight excluding hydrogens is 482 g/mol. The predicted octanol–water partition coefficient (Wildman–Crippen LogP) is 4.21. The van der Waals surface area contributed by atoms with Crippen LogP contribution in [0.2, 0.25) is 0 Å². The summed E-state index contributed by atoms with van der Waals surface area (Å²) in [5, 5.41) is 12.3. The van der Waals surface area contributed by atoms with Gasteiger partial charge in [-0.25, -0.2) is 14.6 Å². The summed E-state index contributed by atoms with van der Waals surface area (Å²) in [6.07, 6.45) is -0.664. The number of ether oxygens (including phenoxy) is 2. The van der Waals surface area contributed by atoms with E-state index >= 15 is 0 Å². The van der Waals surface area contributed by atoms with E-state index in [2.05, 4.69) is 4.98 Å². The Kier molecular flexibility index (Phi) is 7.69. The van der Waals surface area contributed by atoms with Crippen LogP contribution in [0, 0.1) is 0 Å². The molecule has 196 valence electrons. The number of methoxy groups -OCH3 is 1. The number of thiazole rings is 1. The average molecular weight is 518 g/mol. The van der Waals surface area contributed by atoms with Crippen molar-refractivity contribution in [2.45, 2.75) is 64.5 Å². The number of carbonyl (C=O) groups excluding carboxylic acids is 2. The molecule has 0 saturated carbocycles. The lowest BCUT2D eigenvalue weighted by atomic mass is 9.85. The molecule has 0 radical (unpaired) electrons. The van der Waals surface area contributed by atoms with Crippen LogP contribution in [0.1, 0.15) is 63.2 Å². The summed E-state index contributed by atoms with van der Waals surface area (Å²) < 4.78 is 11.1. The van der Waals surface area contributed by atoms with Crippen LogP contribution in [0.4, 0.5) is 4.79 Å². The molecular formula is C26H35N3O6S. The Hall–Kier alpha value is -3.14. The van der Waals surface area contributed by atoms with E-state index in [0.29, 0.717) is 17.0 Å². The van der Waals surface area contributed by atoms with Crippen LogP contribution in [0.25, 0.3) is 0 Å². The molecule has 1 fully saturated rings. The molecule has 10 heteroatoms. The van der Waals surface area contributed by atoms with Crippen LogP contribution in [0.15, 0.2) is 29.1 Å². The number of amides is 2. The van der Waals surface area contributed by atoms with Crippen molar-refractivity contribution in [1.82, 2.24) is 14.8 Å². The Bertz CT molecular complexity index is 1120. The van der Waals surface area contributed by atoms with Crippen LogP contribution in [0.3, 0.4) is 0 Å². The zero-order valence-electron chi connectivity index (χ0n) is 22.0. The first kappa shape index (κ1) is 27.4. The van der Waals surface area contributed by atoms with E-state index in [1.807, 2.05) is 26.8 Å². The van der Waals surface area contributed by atoms with E-state index in [-0.39, 0.29) is 31.5 Å². The lowest BCUT2D eigenvalue weighted by Gasteiger charge is -2.47. The summed E-state index contributed by atoms with van der Waals surface area (Å²) in [7, 11) is 1.54. The first-order chi connectivity index (χ1) is 16.7. The lowest BCUT2D eigenvalue weighted by Crippen LogP contribution is -2.69. The van der Waals surface area contributed by atoms with Crippen LogP contribution in [0.5, 0.6) is 5.75 Å². The maximum absolute atomic E-state index is 13.8. The van der Waals surface area contributed by atoms with E-state index in [1.54, 1.807) is 50.9 Å². The Labute approximate surface area is 216 Å². The molecule has 1 aromatic heterocycles. The molecule has 3 rings (SSSR count). The number of hydrogen-bond donors (Lipinski definition) is 1. The molecule has 0 spiro atoms. The van der Waals surface area contributed by atoms with Gasteiger partial charge in [-0.05, 0) is 43.9 Å². The summed E-state index contributed by atoms with van der Waals surface area (Å²) in [6.45, 7) is 11.3. The second-order valence-corrected chi connectivity index (χ2v) is 11.7. The van der Waals surface area contributed by atoms with Crippen LogP contribution >= 0.6 is 11.3 Å². The monoisotopic (exact) mass is 517 g/mol. The van der Waals surface area contributed by atoms with Crippen molar-refractivity contribution >= 4 is 29.3 Å². The number of benzene rings is 1. The highest BCUT2D eigenvalue weighted by molar-refractivity contribution is 7.07. The van der Waals surface area contributed by atoms with Gasteiger partial charge in [-0.3, -0.25) is 4.79 Å². The molecule has 1 saturated heterocycles. The third kappa shape index (κ3) is 5.80. The summed E-state index contributed by atoms with van der Waals surface area (Å²) in [4.78, 5) is 46.6. The number of carboxylic acid groups (broad SMARTS) is 1. The molecule has 1 aliphatic heterocycles. The number of aliphatic carboxylic acids is 1. The van der Waals surface area contributed by atoms with Crippen molar-refractivity contribution < 1.29 is 29.0 Å². The molecule has 9 nitrogen and oxygen atoms in total. The van der Waals surface area contributed by atoms with Gasteiger partial charge in [0.1, 0.15) is 11.4 Å². The van der Waals surface area contributed by atoms with Gasteiger partial charge < -0.3 is 24.4 Å². The highest BCUT2D eigenvalue weighted by Crippen LogP contribution is 2.34. The van der Waals surface area contributed by atoms with Gasteiger partial charge in [-0.2, -0.15) is 0 Å². The van der Waals surface area contributed by atoms with Crippen molar-refractivity contribution in [2.24, 2.45) is 0 Å². The van der Waals surface area contributed by atoms with Crippen molar-refractivity contribution in [3.63, 3.8) is 0 Å². The van der Waals surface area contributed by atoms with Crippen LogP contribution < -0.4 is 4.74 Å². The van der Waals surface area contributed by atoms with E-state index in [9.17, 15) is 19.5 Å². The smallest absolute Gasteiger partial charge is 0.410 e. The van der Waals surface area contributed by atoms with Gasteiger partial charge in [0.05, 0.1) is 24.9 Å². The zero-order chi connectivity index (χ0) is 26.9. The third-order valence-corrected chi connectivity index (χ3v) is 6.71. The Morgan fingerprint density at radius 2 is 1.83 bits per heavy atom. The Morgan fingerprint density at radius 1 is 1.14 bits per heavy atom. The van der Waals surface area contributed by atoms with Crippen molar-refractivity contribution in [2.75, 3.05) is 26.7 Å². The van der Waals surface area contributed by atoms with E-state index < -0.39 is 29.1 Å². The highest BCUT2D eigenvalue weighted by atomic mass is 32.1. The standard InChI is InChI=1S/C26H35N3O6S/c1-24(2,3)19-9-8-17(12-20(19)34-7)21(30)29-11-10-28(23(33)35-25(4,5)6)15-26(29,22(31)32)13-18-14-36-16-27-18/h8-9,12,14,16H,10-11,13,15H2,1-7H3,(H,31,32). The van der Waals surface area contributed by atoms with Gasteiger partial charge in [0.25, 0.3) is 5.91 Å². The maximum Gasteiger partial charge on any atom is 0.410 e. The van der Waals surface area contributed by atoms with Gasteiger partial charge in [-0.15, -0.1) is 11.3 Å². The summed E-state index contributed by atoms with van der Waals surface area (Å²) in [5.74, 6) is -1.10. The molecule has 36 heavy (non-hydrogen) atoms. The number of carbonyl (C=O) groups is 3. The molecule has 1 aromatic carbocycles. The number of nitrogens with zero attached hydrogens (tertiary/aromatic N) is 3. The minimum atomic E-state index is -1.73. The molecule has 1 aliphatic rings. The number of piperazine rings is 1. The largest absolute Gasteiger partial charge is 0.496 e. The first-order valence-electron chi connectivity index (χ1n) is 11.8. The van der Waals surface area contributed by atoms with E-state index in [4.69, 9.17) is 9.47 Å². The normalized spacial score (nSPS) is 18.6. The molecule has 1 atom stereocenters. The Morgan fingerprint density at radius 3 is 2.36 bits per heavy atom. The molecule has 2 heterocycles. The Balaban J connectivity index is 2.03. The number of carboxylic acids is 1. The zero-order valence-corrected chi connectivity index (χ0v) is 22.8. The van der Waals surface area contributed by atoms with Gasteiger partial charge in [0, 0.05) is 30.5 Å². The van der Waals surface area contributed by atoms with Gasteiger partial charge in [-0.1, -0.05) is 26.8 Å². The van der Waals surface area contributed by atoms with Gasteiger partial charge in [0.15, 0.2) is 5.54 Å². The third-order valence-electron chi connectivity index (χ3n) is 6.07. The van der Waals surface area contributed by atoms with Crippen LogP contribution in [-0.2, 0) is 21.4 Å². The summed E-state index contributed by atoms with van der Waals surface area (Å²) in [6, 6.07) is 5.19. The summed E-state index contributed by atoms with van der Waals surface area (Å²) >= 11 is 1.34. The maximum atomic E-state index is 13.8. The number of hydrogen-bond acceptors (Lipinski definition) is 7. The van der Waals surface area contributed by atoms with Crippen molar-refractivity contribution in [3.05, 3.63) is 45.9 Å². The quantitative estimate of drug-likeness (QED) is 0.633. The fourth-order valence-corrected chi connectivity index (χ4v) is 4.89. The van der Waals surface area contributed by atoms with E-state index in [0.717, 1.165) is 5.56 Å². The number of aromatic nitrogens is 1. The fourth-order valence-electron chi connectivity index (χ4n) is 4.33. The first-order valence-corrected chi connectivity index (χ1v) is 12.7.